The zero-order valence-electron chi connectivity index (χ0n) is 19.8. The van der Waals surface area contributed by atoms with Crippen molar-refractivity contribution in [2.75, 3.05) is 6.61 Å². The molecule has 1 aromatic carbocycles. The van der Waals surface area contributed by atoms with Crippen molar-refractivity contribution in [3.63, 3.8) is 0 Å². The summed E-state index contributed by atoms with van der Waals surface area (Å²) in [7, 11) is 0. The van der Waals surface area contributed by atoms with Crippen molar-refractivity contribution in [2.45, 2.75) is 105 Å². The van der Waals surface area contributed by atoms with Crippen LogP contribution < -0.4 is 0 Å². The number of unbranched alkanes of at least 4 members (excludes halogenated alkanes) is 8. The van der Waals surface area contributed by atoms with Gasteiger partial charge in [-0.3, -0.25) is 0 Å². The van der Waals surface area contributed by atoms with E-state index in [4.69, 9.17) is 9.47 Å². The Morgan fingerprint density at radius 3 is 1.87 bits per heavy atom. The first-order valence-corrected chi connectivity index (χ1v) is 11.7. The lowest BCUT2D eigenvalue weighted by Crippen LogP contribution is -2.23. The molecule has 0 aliphatic carbocycles. The van der Waals surface area contributed by atoms with Crippen molar-refractivity contribution in [1.82, 2.24) is 0 Å². The minimum absolute atomic E-state index is 0.0631. The molecule has 0 bridgehead atoms. The Morgan fingerprint density at radius 2 is 1.33 bits per heavy atom. The fourth-order valence-corrected chi connectivity index (χ4v) is 3.64. The molecule has 0 heterocycles. The normalized spacial score (nSPS) is 12.4. The minimum atomic E-state index is -0.470. The third-order valence-electron chi connectivity index (χ3n) is 5.06. The van der Waals surface area contributed by atoms with Gasteiger partial charge in [0.25, 0.3) is 0 Å². The lowest BCUT2D eigenvalue weighted by Gasteiger charge is -2.23. The maximum Gasteiger partial charge on any atom is 0.339 e. The second kappa shape index (κ2) is 14.2. The van der Waals surface area contributed by atoms with Crippen LogP contribution >= 0.6 is 0 Å². The Kier molecular flexibility index (Phi) is 12.4. The van der Waals surface area contributed by atoms with E-state index in [2.05, 4.69) is 27.7 Å². The zero-order valence-corrected chi connectivity index (χ0v) is 19.8. The van der Waals surface area contributed by atoms with Crippen molar-refractivity contribution in [3.8, 4) is 0 Å². The predicted molar refractivity (Wildman–Crippen MR) is 123 cm³/mol. The number of esters is 2. The summed E-state index contributed by atoms with van der Waals surface area (Å²) < 4.78 is 11.0. The van der Waals surface area contributed by atoms with Crippen molar-refractivity contribution >= 4 is 11.9 Å². The molecule has 4 heteroatoms. The molecular formula is C26H42O4. The van der Waals surface area contributed by atoms with Crippen LogP contribution in [0.1, 0.15) is 120 Å². The standard InChI is InChI=1S/C26H42O4/c1-6-7-8-9-10-11-12-13-16-19-29-24(27)22-17-14-15-18-23(22)25(28)30-21(2)20-26(3,4)5/h14-15,17-18,21H,6-13,16,19-20H2,1-5H3. The molecule has 1 aromatic rings. The van der Waals surface area contributed by atoms with Gasteiger partial charge in [0.15, 0.2) is 0 Å². The summed E-state index contributed by atoms with van der Waals surface area (Å²) in [5, 5.41) is 0. The highest BCUT2D eigenvalue weighted by Gasteiger charge is 2.23. The zero-order chi connectivity index (χ0) is 22.4. The fraction of sp³-hybridized carbons (Fsp3) is 0.692. The second-order valence-corrected chi connectivity index (χ2v) is 9.49. The summed E-state index contributed by atoms with van der Waals surface area (Å²) >= 11 is 0. The van der Waals surface area contributed by atoms with Crippen LogP contribution in [0.3, 0.4) is 0 Å². The van der Waals surface area contributed by atoms with E-state index in [1.807, 2.05) is 6.92 Å². The molecule has 0 N–H and O–H groups in total. The van der Waals surface area contributed by atoms with E-state index < -0.39 is 11.9 Å². The van der Waals surface area contributed by atoms with Crippen molar-refractivity contribution in [2.24, 2.45) is 5.41 Å². The van der Waals surface area contributed by atoms with Crippen LogP contribution in [0.4, 0.5) is 0 Å². The van der Waals surface area contributed by atoms with Crippen LogP contribution in [0, 0.1) is 5.41 Å². The van der Waals surface area contributed by atoms with Crippen LogP contribution in [0.5, 0.6) is 0 Å². The van der Waals surface area contributed by atoms with Gasteiger partial charge in [0, 0.05) is 0 Å². The van der Waals surface area contributed by atoms with Crippen LogP contribution in [0.25, 0.3) is 0 Å². The number of carbonyl (C=O) groups is 2. The van der Waals surface area contributed by atoms with Gasteiger partial charge >= 0.3 is 11.9 Å². The topological polar surface area (TPSA) is 52.6 Å². The molecule has 0 saturated carbocycles. The predicted octanol–water partition coefficient (Wildman–Crippen LogP) is 7.36. The second-order valence-electron chi connectivity index (χ2n) is 9.49. The van der Waals surface area contributed by atoms with Gasteiger partial charge in [-0.1, -0.05) is 91.2 Å². The molecule has 0 aliphatic heterocycles. The van der Waals surface area contributed by atoms with E-state index in [-0.39, 0.29) is 22.6 Å². The summed E-state index contributed by atoms with van der Waals surface area (Å²) in [4.78, 5) is 25.1. The Hall–Kier alpha value is -1.84. The van der Waals surface area contributed by atoms with Gasteiger partial charge < -0.3 is 9.47 Å². The molecule has 4 nitrogen and oxygen atoms in total. The highest BCUT2D eigenvalue weighted by molar-refractivity contribution is 6.03. The summed E-state index contributed by atoms with van der Waals surface area (Å²) in [5.41, 5.74) is 0.616. The maximum atomic E-state index is 12.6. The van der Waals surface area contributed by atoms with E-state index in [0.29, 0.717) is 6.61 Å². The molecular weight excluding hydrogens is 376 g/mol. The smallest absolute Gasteiger partial charge is 0.339 e. The molecule has 1 atom stereocenters. The van der Waals surface area contributed by atoms with Gasteiger partial charge in [0.05, 0.1) is 23.8 Å². The molecule has 0 saturated heterocycles. The number of rotatable bonds is 14. The Bertz CT molecular complexity index is 630. The van der Waals surface area contributed by atoms with Gasteiger partial charge in [0.1, 0.15) is 0 Å². The molecule has 0 fully saturated rings. The third kappa shape index (κ3) is 11.4. The Morgan fingerprint density at radius 1 is 0.833 bits per heavy atom. The molecule has 1 rings (SSSR count). The number of hydrogen-bond acceptors (Lipinski definition) is 4. The molecule has 30 heavy (non-hydrogen) atoms. The Balaban J connectivity index is 2.40. The fourth-order valence-electron chi connectivity index (χ4n) is 3.64. The van der Waals surface area contributed by atoms with Gasteiger partial charge in [-0.05, 0) is 37.3 Å². The summed E-state index contributed by atoms with van der Waals surface area (Å²) in [6.45, 7) is 10.8. The molecule has 0 amide bonds. The first-order valence-electron chi connectivity index (χ1n) is 11.7. The van der Waals surface area contributed by atoms with Gasteiger partial charge in [-0.15, -0.1) is 0 Å². The van der Waals surface area contributed by atoms with Crippen LogP contribution in [-0.4, -0.2) is 24.6 Å². The Labute approximate surface area is 183 Å². The molecule has 170 valence electrons. The molecule has 1 unspecified atom stereocenters. The van der Waals surface area contributed by atoms with Crippen LogP contribution in [0.2, 0.25) is 0 Å². The summed E-state index contributed by atoms with van der Waals surface area (Å²) in [6.07, 6.45) is 11.5. The highest BCUT2D eigenvalue weighted by atomic mass is 16.5. The van der Waals surface area contributed by atoms with E-state index in [0.717, 1.165) is 19.3 Å². The number of ether oxygens (including phenoxy) is 2. The number of benzene rings is 1. The van der Waals surface area contributed by atoms with Gasteiger partial charge in [-0.2, -0.15) is 0 Å². The number of hydrogen-bond donors (Lipinski definition) is 0. The molecule has 0 spiro atoms. The first-order chi connectivity index (χ1) is 14.2. The third-order valence-corrected chi connectivity index (χ3v) is 5.06. The lowest BCUT2D eigenvalue weighted by molar-refractivity contribution is 0.0244. The van der Waals surface area contributed by atoms with Crippen molar-refractivity contribution in [1.29, 1.82) is 0 Å². The lowest BCUT2D eigenvalue weighted by atomic mass is 9.90. The molecule has 0 aromatic heterocycles. The summed E-state index contributed by atoms with van der Waals surface area (Å²) in [5.74, 6) is -0.923. The van der Waals surface area contributed by atoms with Gasteiger partial charge in [-0.25, -0.2) is 9.59 Å². The summed E-state index contributed by atoms with van der Waals surface area (Å²) in [6, 6.07) is 6.73. The quantitative estimate of drug-likeness (QED) is 0.234. The molecule has 0 radical (unpaired) electrons. The SMILES string of the molecule is CCCCCCCCCCCOC(=O)c1ccccc1C(=O)OC(C)CC(C)(C)C. The maximum absolute atomic E-state index is 12.6. The average Bonchev–Trinajstić information content (AvgIpc) is 2.67. The largest absolute Gasteiger partial charge is 0.462 e. The van der Waals surface area contributed by atoms with E-state index in [1.54, 1.807) is 24.3 Å². The van der Waals surface area contributed by atoms with Crippen molar-refractivity contribution in [3.05, 3.63) is 35.4 Å². The number of carbonyl (C=O) groups excluding carboxylic acids is 2. The van der Waals surface area contributed by atoms with E-state index in [9.17, 15) is 9.59 Å². The van der Waals surface area contributed by atoms with E-state index >= 15 is 0 Å². The van der Waals surface area contributed by atoms with Crippen molar-refractivity contribution < 1.29 is 19.1 Å². The highest BCUT2D eigenvalue weighted by Crippen LogP contribution is 2.23. The van der Waals surface area contributed by atoms with Crippen LogP contribution in [0.15, 0.2) is 24.3 Å². The van der Waals surface area contributed by atoms with Crippen LogP contribution in [-0.2, 0) is 9.47 Å². The monoisotopic (exact) mass is 418 g/mol. The van der Waals surface area contributed by atoms with Gasteiger partial charge in [0.2, 0.25) is 0 Å². The molecule has 0 aliphatic rings. The minimum Gasteiger partial charge on any atom is -0.462 e. The first kappa shape index (κ1) is 26.2. The average molecular weight is 419 g/mol. The van der Waals surface area contributed by atoms with E-state index in [1.165, 1.54) is 44.9 Å².